The Bertz CT molecular complexity index is 973. The number of halogens is 3. The van der Waals surface area contributed by atoms with Gasteiger partial charge in [0.2, 0.25) is 5.95 Å². The number of anilines is 2. The molecule has 3 rings (SSSR count). The number of nitrogens with two attached hydrogens (primary N) is 1. The molecule has 0 aliphatic rings. The summed E-state index contributed by atoms with van der Waals surface area (Å²) in [5, 5.41) is 5.72. The molecular formula is C18H16F3N5O. The number of alkyl halides is 3. The molecule has 0 spiro atoms. The van der Waals surface area contributed by atoms with E-state index in [1.807, 2.05) is 17.4 Å². The molecule has 0 bridgehead atoms. The van der Waals surface area contributed by atoms with E-state index >= 15 is 0 Å². The molecular weight excluding hydrogens is 359 g/mol. The van der Waals surface area contributed by atoms with Crippen LogP contribution in [0.3, 0.4) is 0 Å². The predicted molar refractivity (Wildman–Crippen MR) is 96.1 cm³/mol. The fourth-order valence-electron chi connectivity index (χ4n) is 2.72. The minimum atomic E-state index is -4.68. The lowest BCUT2D eigenvalue weighted by Gasteiger charge is -2.24. The van der Waals surface area contributed by atoms with Crippen LogP contribution in [0.15, 0.2) is 48.8 Å². The van der Waals surface area contributed by atoms with Gasteiger partial charge in [-0.2, -0.15) is 13.2 Å². The standard InChI is InChI=1S/C18H16F3N5O/c1-10-6-11-4-2-3-5-12(11)7-14(10)15(18(19,20)21)26-17(27)25-13-8-23-16(22)24-9-13/h2-9,15H,1H3,(H2,22,23,24)(H2,25,26,27). The summed E-state index contributed by atoms with van der Waals surface area (Å²) < 4.78 is 41.0. The number of rotatable bonds is 3. The molecule has 0 aliphatic carbocycles. The van der Waals surface area contributed by atoms with E-state index in [4.69, 9.17) is 5.73 Å². The summed E-state index contributed by atoms with van der Waals surface area (Å²) in [5.74, 6) is -0.0130. The number of carbonyl (C=O) groups excluding carboxylic acids is 1. The largest absolute Gasteiger partial charge is 0.412 e. The minimum absolute atomic E-state index is 0.0130. The Hall–Kier alpha value is -3.36. The van der Waals surface area contributed by atoms with Gasteiger partial charge in [-0.3, -0.25) is 0 Å². The van der Waals surface area contributed by atoms with Crippen LogP contribution in [0.1, 0.15) is 17.2 Å². The van der Waals surface area contributed by atoms with Crippen molar-refractivity contribution in [2.75, 3.05) is 11.1 Å². The number of carbonyl (C=O) groups is 1. The van der Waals surface area contributed by atoms with Crippen molar-refractivity contribution in [3.63, 3.8) is 0 Å². The van der Waals surface area contributed by atoms with Gasteiger partial charge in [0.25, 0.3) is 0 Å². The second-order valence-electron chi connectivity index (χ2n) is 5.96. The molecule has 0 aliphatic heterocycles. The topological polar surface area (TPSA) is 92.9 Å². The molecule has 9 heteroatoms. The average molecular weight is 375 g/mol. The van der Waals surface area contributed by atoms with Crippen molar-refractivity contribution in [2.24, 2.45) is 0 Å². The van der Waals surface area contributed by atoms with Crippen LogP contribution in [0.4, 0.5) is 29.6 Å². The number of hydrogen-bond donors (Lipinski definition) is 3. The van der Waals surface area contributed by atoms with E-state index in [0.717, 1.165) is 5.39 Å². The van der Waals surface area contributed by atoms with Crippen LogP contribution in [0.2, 0.25) is 0 Å². The fourth-order valence-corrected chi connectivity index (χ4v) is 2.72. The Morgan fingerprint density at radius 3 is 2.30 bits per heavy atom. The van der Waals surface area contributed by atoms with Crippen molar-refractivity contribution in [3.8, 4) is 0 Å². The van der Waals surface area contributed by atoms with Crippen molar-refractivity contribution >= 4 is 28.4 Å². The molecule has 4 N–H and O–H groups in total. The predicted octanol–water partition coefficient (Wildman–Crippen LogP) is 3.95. The molecule has 1 heterocycles. The molecule has 27 heavy (non-hydrogen) atoms. The van der Waals surface area contributed by atoms with Gasteiger partial charge in [-0.25, -0.2) is 14.8 Å². The maximum Gasteiger partial charge on any atom is 0.412 e. The Labute approximate surface area is 152 Å². The van der Waals surface area contributed by atoms with Gasteiger partial charge in [-0.1, -0.05) is 30.3 Å². The number of aryl methyl sites for hydroxylation is 1. The Morgan fingerprint density at radius 2 is 1.70 bits per heavy atom. The molecule has 3 aromatic rings. The van der Waals surface area contributed by atoms with Gasteiger partial charge in [0, 0.05) is 0 Å². The normalized spacial score (nSPS) is 12.6. The number of nitrogen functional groups attached to an aromatic ring is 1. The molecule has 1 atom stereocenters. The third-order valence-corrected chi connectivity index (χ3v) is 3.98. The molecule has 140 valence electrons. The van der Waals surface area contributed by atoms with Gasteiger partial charge in [0.15, 0.2) is 6.04 Å². The van der Waals surface area contributed by atoms with E-state index in [1.54, 1.807) is 25.1 Å². The lowest BCUT2D eigenvalue weighted by Crippen LogP contribution is -2.40. The SMILES string of the molecule is Cc1cc2ccccc2cc1C(NC(=O)Nc1cnc(N)nc1)C(F)(F)F. The summed E-state index contributed by atoms with van der Waals surface area (Å²) in [4.78, 5) is 19.4. The molecule has 0 radical (unpaired) electrons. The molecule has 1 unspecified atom stereocenters. The average Bonchev–Trinajstić information content (AvgIpc) is 2.60. The number of benzene rings is 2. The van der Waals surface area contributed by atoms with Crippen LogP contribution in [-0.4, -0.2) is 22.2 Å². The molecule has 0 saturated heterocycles. The number of amides is 2. The summed E-state index contributed by atoms with van der Waals surface area (Å²) in [6.07, 6.45) is -2.28. The van der Waals surface area contributed by atoms with Crippen LogP contribution < -0.4 is 16.4 Å². The van der Waals surface area contributed by atoms with Gasteiger partial charge in [0.05, 0.1) is 18.1 Å². The van der Waals surface area contributed by atoms with Gasteiger partial charge < -0.3 is 16.4 Å². The second kappa shape index (κ2) is 7.10. The minimum Gasteiger partial charge on any atom is -0.368 e. The summed E-state index contributed by atoms with van der Waals surface area (Å²) >= 11 is 0. The van der Waals surface area contributed by atoms with Crippen molar-refractivity contribution in [3.05, 3.63) is 59.9 Å². The second-order valence-corrected chi connectivity index (χ2v) is 5.96. The summed E-state index contributed by atoms with van der Waals surface area (Å²) in [7, 11) is 0. The molecule has 6 nitrogen and oxygen atoms in total. The molecule has 2 amide bonds. The zero-order valence-electron chi connectivity index (χ0n) is 14.2. The first-order valence-electron chi connectivity index (χ1n) is 7.95. The lowest BCUT2D eigenvalue weighted by atomic mass is 9.96. The van der Waals surface area contributed by atoms with E-state index in [0.29, 0.717) is 10.9 Å². The van der Waals surface area contributed by atoms with Crippen molar-refractivity contribution in [1.29, 1.82) is 0 Å². The zero-order valence-corrected chi connectivity index (χ0v) is 14.2. The summed E-state index contributed by atoms with van der Waals surface area (Å²) in [6, 6.07) is 6.99. The van der Waals surface area contributed by atoms with Crippen molar-refractivity contribution in [1.82, 2.24) is 15.3 Å². The Kier molecular flexibility index (Phi) is 4.85. The van der Waals surface area contributed by atoms with E-state index in [-0.39, 0.29) is 17.2 Å². The lowest BCUT2D eigenvalue weighted by molar-refractivity contribution is -0.154. The Balaban J connectivity index is 1.89. The van der Waals surface area contributed by atoms with E-state index in [2.05, 4.69) is 15.3 Å². The highest BCUT2D eigenvalue weighted by Crippen LogP contribution is 2.36. The number of nitrogens with zero attached hydrogens (tertiary/aromatic N) is 2. The number of fused-ring (bicyclic) bond motifs is 1. The first kappa shape index (κ1) is 18.4. The first-order chi connectivity index (χ1) is 12.7. The van der Waals surface area contributed by atoms with E-state index < -0.39 is 18.2 Å². The molecule has 1 aromatic heterocycles. The number of hydrogen-bond acceptors (Lipinski definition) is 4. The van der Waals surface area contributed by atoms with Crippen molar-refractivity contribution in [2.45, 2.75) is 19.1 Å². The van der Waals surface area contributed by atoms with Crippen LogP contribution in [0, 0.1) is 6.92 Å². The molecule has 2 aromatic carbocycles. The van der Waals surface area contributed by atoms with Crippen molar-refractivity contribution < 1.29 is 18.0 Å². The van der Waals surface area contributed by atoms with Crippen LogP contribution >= 0.6 is 0 Å². The zero-order chi connectivity index (χ0) is 19.6. The number of aromatic nitrogens is 2. The third kappa shape index (κ3) is 4.25. The van der Waals surface area contributed by atoms with E-state index in [9.17, 15) is 18.0 Å². The van der Waals surface area contributed by atoms with Crippen LogP contribution in [0.5, 0.6) is 0 Å². The maximum absolute atomic E-state index is 13.7. The smallest absolute Gasteiger partial charge is 0.368 e. The monoisotopic (exact) mass is 375 g/mol. The highest BCUT2D eigenvalue weighted by Gasteiger charge is 2.42. The van der Waals surface area contributed by atoms with Gasteiger partial charge in [-0.15, -0.1) is 0 Å². The fraction of sp³-hybridized carbons (Fsp3) is 0.167. The number of nitrogens with one attached hydrogen (secondary N) is 2. The Morgan fingerprint density at radius 1 is 1.11 bits per heavy atom. The molecule has 0 saturated carbocycles. The quantitative estimate of drug-likeness (QED) is 0.646. The van der Waals surface area contributed by atoms with Crippen LogP contribution in [0.25, 0.3) is 10.8 Å². The number of urea groups is 1. The van der Waals surface area contributed by atoms with Crippen LogP contribution in [-0.2, 0) is 0 Å². The van der Waals surface area contributed by atoms with Gasteiger partial charge >= 0.3 is 12.2 Å². The highest BCUT2D eigenvalue weighted by molar-refractivity contribution is 5.89. The van der Waals surface area contributed by atoms with E-state index in [1.165, 1.54) is 18.5 Å². The highest BCUT2D eigenvalue weighted by atomic mass is 19.4. The summed E-state index contributed by atoms with van der Waals surface area (Å²) in [5.41, 5.74) is 5.86. The molecule has 0 fully saturated rings. The third-order valence-electron chi connectivity index (χ3n) is 3.98. The van der Waals surface area contributed by atoms with Gasteiger partial charge in [0.1, 0.15) is 0 Å². The van der Waals surface area contributed by atoms with Gasteiger partial charge in [-0.05, 0) is 34.9 Å². The summed E-state index contributed by atoms with van der Waals surface area (Å²) in [6.45, 7) is 1.58. The maximum atomic E-state index is 13.7. The first-order valence-corrected chi connectivity index (χ1v) is 7.95.